The van der Waals surface area contributed by atoms with Gasteiger partial charge in [0.15, 0.2) is 0 Å². The lowest BCUT2D eigenvalue weighted by Gasteiger charge is -2.18. The molecule has 2 rings (SSSR count). The third-order valence-corrected chi connectivity index (χ3v) is 3.76. The molecule has 0 aliphatic heterocycles. The molecule has 0 aromatic heterocycles. The van der Waals surface area contributed by atoms with Gasteiger partial charge in [0.1, 0.15) is 11.5 Å². The fourth-order valence-corrected chi connectivity index (χ4v) is 2.20. The van der Waals surface area contributed by atoms with E-state index in [9.17, 15) is 9.59 Å². The summed E-state index contributed by atoms with van der Waals surface area (Å²) < 4.78 is 10.7. The molecule has 0 aliphatic rings. The van der Waals surface area contributed by atoms with Crippen molar-refractivity contribution in [2.24, 2.45) is 5.41 Å². The predicted molar refractivity (Wildman–Crippen MR) is 102 cm³/mol. The first-order chi connectivity index (χ1) is 12.2. The van der Waals surface area contributed by atoms with Gasteiger partial charge in [0.05, 0.1) is 17.2 Å². The Morgan fingerprint density at radius 2 is 1.73 bits per heavy atom. The number of esters is 1. The highest BCUT2D eigenvalue weighted by molar-refractivity contribution is 6.32. The van der Waals surface area contributed by atoms with E-state index in [1.165, 1.54) is 0 Å². The molecule has 1 N–H and O–H groups in total. The Morgan fingerprint density at radius 3 is 2.27 bits per heavy atom. The lowest BCUT2D eigenvalue weighted by Crippen LogP contribution is -2.27. The zero-order valence-corrected chi connectivity index (χ0v) is 16.0. The van der Waals surface area contributed by atoms with Crippen molar-refractivity contribution in [2.45, 2.75) is 27.7 Å². The summed E-state index contributed by atoms with van der Waals surface area (Å²) in [5.41, 5.74) is 0.549. The van der Waals surface area contributed by atoms with Crippen LogP contribution in [0.5, 0.6) is 11.5 Å². The molecule has 1 amide bonds. The van der Waals surface area contributed by atoms with Crippen LogP contribution in [0.1, 0.15) is 38.1 Å². The molecule has 0 bridgehead atoms. The van der Waals surface area contributed by atoms with E-state index in [-0.39, 0.29) is 11.9 Å². The Labute approximate surface area is 158 Å². The first-order valence-corrected chi connectivity index (χ1v) is 8.64. The van der Waals surface area contributed by atoms with Crippen LogP contribution in [0.4, 0.5) is 5.69 Å². The minimum Gasteiger partial charge on any atom is -0.462 e. The Hall–Kier alpha value is -2.53. The number of ether oxygens (including phenoxy) is 2. The van der Waals surface area contributed by atoms with E-state index in [2.05, 4.69) is 5.32 Å². The minimum absolute atomic E-state index is 0.100. The zero-order valence-electron chi connectivity index (χ0n) is 15.3. The first-order valence-electron chi connectivity index (χ1n) is 8.26. The van der Waals surface area contributed by atoms with Gasteiger partial charge in [-0.05, 0) is 49.4 Å². The quantitative estimate of drug-likeness (QED) is 0.721. The Kier molecular flexibility index (Phi) is 6.27. The number of carbonyl (C=O) groups excluding carboxylic acids is 2. The Balaban J connectivity index is 2.08. The average Bonchev–Trinajstić information content (AvgIpc) is 2.57. The third kappa shape index (κ3) is 5.23. The summed E-state index contributed by atoms with van der Waals surface area (Å²) in [5.74, 6) is 0.503. The zero-order chi connectivity index (χ0) is 19.3. The first kappa shape index (κ1) is 19.8. The van der Waals surface area contributed by atoms with Gasteiger partial charge in [-0.1, -0.05) is 32.4 Å². The highest BCUT2D eigenvalue weighted by atomic mass is 35.5. The molecule has 26 heavy (non-hydrogen) atoms. The van der Waals surface area contributed by atoms with Crippen LogP contribution in [0.25, 0.3) is 0 Å². The summed E-state index contributed by atoms with van der Waals surface area (Å²) in [4.78, 5) is 23.7. The van der Waals surface area contributed by atoms with Crippen LogP contribution in [0.15, 0.2) is 42.5 Å². The van der Waals surface area contributed by atoms with Crippen molar-refractivity contribution in [1.29, 1.82) is 0 Å². The topological polar surface area (TPSA) is 64.6 Å². The van der Waals surface area contributed by atoms with Crippen LogP contribution in [-0.4, -0.2) is 18.5 Å². The van der Waals surface area contributed by atoms with Crippen molar-refractivity contribution in [2.75, 3.05) is 11.9 Å². The van der Waals surface area contributed by atoms with Crippen LogP contribution in [0, 0.1) is 5.41 Å². The van der Waals surface area contributed by atoms with Gasteiger partial charge >= 0.3 is 5.97 Å². The maximum atomic E-state index is 12.0. The van der Waals surface area contributed by atoms with Gasteiger partial charge < -0.3 is 14.8 Å². The molecule has 2 aromatic rings. The fraction of sp³-hybridized carbons (Fsp3) is 0.300. The number of nitrogens with one attached hydrogen (secondary N) is 1. The lowest BCUT2D eigenvalue weighted by atomic mass is 9.95. The molecule has 0 radical (unpaired) electrons. The smallest absolute Gasteiger partial charge is 0.338 e. The minimum atomic E-state index is -0.498. The molecule has 138 valence electrons. The largest absolute Gasteiger partial charge is 0.462 e. The second-order valence-corrected chi connectivity index (χ2v) is 7.10. The standard InChI is InChI=1S/C20H22ClNO4/c1-5-25-18(23)13-6-9-15(10-7-13)26-17-11-8-14(12-16(17)21)22-19(24)20(2,3)4/h6-12H,5H2,1-4H3,(H,22,24). The van der Waals surface area contributed by atoms with Gasteiger partial charge in [0, 0.05) is 11.1 Å². The second kappa shape index (κ2) is 8.23. The molecule has 6 heteroatoms. The van der Waals surface area contributed by atoms with Gasteiger partial charge in [-0.25, -0.2) is 4.79 Å². The molecular weight excluding hydrogens is 354 g/mol. The van der Waals surface area contributed by atoms with Gasteiger partial charge in [-0.3, -0.25) is 4.79 Å². The highest BCUT2D eigenvalue weighted by Crippen LogP contribution is 2.32. The highest BCUT2D eigenvalue weighted by Gasteiger charge is 2.21. The van der Waals surface area contributed by atoms with E-state index >= 15 is 0 Å². The number of rotatable bonds is 5. The monoisotopic (exact) mass is 375 g/mol. The van der Waals surface area contributed by atoms with Crippen molar-refractivity contribution in [1.82, 2.24) is 0 Å². The predicted octanol–water partition coefficient (Wildman–Crippen LogP) is 5.29. The molecule has 0 saturated heterocycles. The Bertz CT molecular complexity index is 794. The van der Waals surface area contributed by atoms with Crippen molar-refractivity contribution >= 4 is 29.2 Å². The molecule has 2 aromatic carbocycles. The van der Waals surface area contributed by atoms with E-state index < -0.39 is 5.41 Å². The van der Waals surface area contributed by atoms with Crippen LogP contribution in [-0.2, 0) is 9.53 Å². The number of carbonyl (C=O) groups is 2. The SMILES string of the molecule is CCOC(=O)c1ccc(Oc2ccc(NC(=O)C(C)(C)C)cc2Cl)cc1. The molecule has 0 fully saturated rings. The maximum Gasteiger partial charge on any atom is 0.338 e. The number of hydrogen-bond acceptors (Lipinski definition) is 4. The molecule has 0 atom stereocenters. The van der Waals surface area contributed by atoms with Crippen LogP contribution >= 0.6 is 11.6 Å². The number of halogens is 1. The lowest BCUT2D eigenvalue weighted by molar-refractivity contribution is -0.123. The van der Waals surface area contributed by atoms with Crippen LogP contribution < -0.4 is 10.1 Å². The number of benzene rings is 2. The van der Waals surface area contributed by atoms with E-state index in [0.29, 0.717) is 34.4 Å². The summed E-state index contributed by atoms with van der Waals surface area (Å²) in [6.07, 6.45) is 0. The normalized spacial score (nSPS) is 11.0. The van der Waals surface area contributed by atoms with Crippen molar-refractivity contribution < 1.29 is 19.1 Å². The average molecular weight is 376 g/mol. The molecule has 0 saturated carbocycles. The van der Waals surface area contributed by atoms with E-state index in [0.717, 1.165) is 0 Å². The fourth-order valence-electron chi connectivity index (χ4n) is 1.98. The van der Waals surface area contributed by atoms with E-state index in [4.69, 9.17) is 21.1 Å². The molecule has 5 nitrogen and oxygen atoms in total. The summed E-state index contributed by atoms with van der Waals surface area (Å²) in [7, 11) is 0. The van der Waals surface area contributed by atoms with Gasteiger partial charge in [0.25, 0.3) is 0 Å². The Morgan fingerprint density at radius 1 is 1.08 bits per heavy atom. The molecule has 0 spiro atoms. The van der Waals surface area contributed by atoms with E-state index in [1.54, 1.807) is 49.4 Å². The molecule has 0 unspecified atom stereocenters. The second-order valence-electron chi connectivity index (χ2n) is 6.70. The van der Waals surface area contributed by atoms with Gasteiger partial charge in [-0.2, -0.15) is 0 Å². The van der Waals surface area contributed by atoms with Crippen molar-refractivity contribution in [3.63, 3.8) is 0 Å². The number of anilines is 1. The summed E-state index contributed by atoms with van der Waals surface area (Å²) in [6.45, 7) is 7.58. The van der Waals surface area contributed by atoms with Crippen LogP contribution in [0.3, 0.4) is 0 Å². The van der Waals surface area contributed by atoms with Gasteiger partial charge in [-0.15, -0.1) is 0 Å². The summed E-state index contributed by atoms with van der Waals surface area (Å²) in [6, 6.07) is 11.6. The van der Waals surface area contributed by atoms with Gasteiger partial charge in [0.2, 0.25) is 5.91 Å². The van der Waals surface area contributed by atoms with Crippen molar-refractivity contribution in [3.8, 4) is 11.5 Å². The van der Waals surface area contributed by atoms with E-state index in [1.807, 2.05) is 20.8 Å². The van der Waals surface area contributed by atoms with Crippen molar-refractivity contribution in [3.05, 3.63) is 53.1 Å². The maximum absolute atomic E-state index is 12.0. The third-order valence-electron chi connectivity index (χ3n) is 3.46. The molecule has 0 aliphatic carbocycles. The molecular formula is C20H22ClNO4. The summed E-state index contributed by atoms with van der Waals surface area (Å²) in [5, 5.41) is 3.18. The number of hydrogen-bond donors (Lipinski definition) is 1. The molecule has 0 heterocycles. The summed E-state index contributed by atoms with van der Waals surface area (Å²) >= 11 is 6.25. The van der Waals surface area contributed by atoms with Crippen LogP contribution in [0.2, 0.25) is 5.02 Å². The number of amides is 1.